The summed E-state index contributed by atoms with van der Waals surface area (Å²) in [6, 6.07) is 6.17. The molecule has 0 fully saturated rings. The van der Waals surface area contributed by atoms with E-state index in [0.717, 1.165) is 0 Å². The first-order chi connectivity index (χ1) is 8.17. The van der Waals surface area contributed by atoms with Gasteiger partial charge in [0.15, 0.2) is 11.6 Å². The van der Waals surface area contributed by atoms with Crippen molar-refractivity contribution in [3.63, 3.8) is 0 Å². The summed E-state index contributed by atoms with van der Waals surface area (Å²) >= 11 is 0. The molecule has 0 aromatic heterocycles. The van der Waals surface area contributed by atoms with Crippen LogP contribution in [0.25, 0.3) is 0 Å². The molecule has 90 valence electrons. The Morgan fingerprint density at radius 1 is 1.53 bits per heavy atom. The summed E-state index contributed by atoms with van der Waals surface area (Å²) in [5.41, 5.74) is 0.536. The van der Waals surface area contributed by atoms with Crippen LogP contribution in [-0.4, -0.2) is 13.1 Å². The molecule has 0 aliphatic carbocycles. The van der Waals surface area contributed by atoms with Crippen molar-refractivity contribution >= 4 is 5.97 Å². The predicted molar refractivity (Wildman–Crippen MR) is 57.6 cm³/mol. The summed E-state index contributed by atoms with van der Waals surface area (Å²) in [5.74, 6) is -0.828. The smallest absolute Gasteiger partial charge is 0.307 e. The molecule has 1 aromatic rings. The number of hydrogen-bond acceptors (Lipinski definition) is 4. The maximum absolute atomic E-state index is 13.3. The van der Waals surface area contributed by atoms with Gasteiger partial charge in [0.1, 0.15) is 6.61 Å². The predicted octanol–water partition coefficient (Wildman–Crippen LogP) is 2.18. The molecule has 0 unspecified atom stereocenters. The molecule has 0 atom stereocenters. The monoisotopic (exact) mass is 237 g/mol. The lowest BCUT2D eigenvalue weighted by molar-refractivity contribution is -0.144. The van der Waals surface area contributed by atoms with Gasteiger partial charge in [-0.05, 0) is 17.7 Å². The van der Waals surface area contributed by atoms with Gasteiger partial charge >= 0.3 is 5.97 Å². The fourth-order valence-electron chi connectivity index (χ4n) is 1.19. The van der Waals surface area contributed by atoms with E-state index in [1.54, 1.807) is 6.07 Å². The molecule has 0 spiro atoms. The zero-order chi connectivity index (χ0) is 12.7. The van der Waals surface area contributed by atoms with E-state index in [9.17, 15) is 9.18 Å². The number of methoxy groups -OCH3 is 1. The Hall–Kier alpha value is -2.09. The maximum Gasteiger partial charge on any atom is 0.307 e. The second-order valence-electron chi connectivity index (χ2n) is 3.29. The molecule has 5 heteroatoms. The van der Waals surface area contributed by atoms with Gasteiger partial charge in [-0.25, -0.2) is 4.39 Å². The Labute approximate surface area is 98.6 Å². The van der Waals surface area contributed by atoms with Crippen molar-refractivity contribution in [2.75, 3.05) is 7.11 Å². The first kappa shape index (κ1) is 13.0. The van der Waals surface area contributed by atoms with Crippen molar-refractivity contribution in [1.82, 2.24) is 0 Å². The minimum Gasteiger partial charge on any atom is -0.494 e. The van der Waals surface area contributed by atoms with E-state index < -0.39 is 11.8 Å². The molecule has 0 amide bonds. The van der Waals surface area contributed by atoms with Crippen LogP contribution in [0.5, 0.6) is 5.75 Å². The highest BCUT2D eigenvalue weighted by atomic mass is 19.1. The largest absolute Gasteiger partial charge is 0.494 e. The molecular formula is C12H12FNO3. The summed E-state index contributed by atoms with van der Waals surface area (Å²) in [6.45, 7) is -0.00875. The number of ether oxygens (including phenoxy) is 2. The van der Waals surface area contributed by atoms with Crippen LogP contribution >= 0.6 is 0 Å². The first-order valence-electron chi connectivity index (χ1n) is 5.02. The van der Waals surface area contributed by atoms with Crippen LogP contribution in [0, 0.1) is 17.1 Å². The van der Waals surface area contributed by atoms with Crippen molar-refractivity contribution in [2.45, 2.75) is 19.4 Å². The Balaban J connectivity index is 2.50. The summed E-state index contributed by atoms with van der Waals surface area (Å²) in [6.07, 6.45) is 0.172. The molecule has 17 heavy (non-hydrogen) atoms. The molecule has 1 rings (SSSR count). The van der Waals surface area contributed by atoms with Gasteiger partial charge in [-0.15, -0.1) is 0 Å². The molecule has 0 saturated heterocycles. The second kappa shape index (κ2) is 6.48. The van der Waals surface area contributed by atoms with Crippen LogP contribution in [0.15, 0.2) is 18.2 Å². The minimum absolute atomic E-state index is 0.00875. The van der Waals surface area contributed by atoms with E-state index in [-0.39, 0.29) is 25.2 Å². The van der Waals surface area contributed by atoms with Crippen LogP contribution in [-0.2, 0) is 16.1 Å². The number of hydrogen-bond donors (Lipinski definition) is 0. The third-order valence-corrected chi connectivity index (χ3v) is 2.06. The molecule has 0 bridgehead atoms. The lowest BCUT2D eigenvalue weighted by atomic mass is 10.2. The first-order valence-corrected chi connectivity index (χ1v) is 5.02. The highest BCUT2D eigenvalue weighted by Crippen LogP contribution is 2.18. The standard InChI is InChI=1S/C12H12FNO3/c1-16-11-5-4-9(7-10(11)13)8-17-12(15)3-2-6-14/h4-5,7H,2-3,8H2,1H3. The molecule has 4 nitrogen and oxygen atoms in total. The van der Waals surface area contributed by atoms with Gasteiger partial charge in [-0.2, -0.15) is 5.26 Å². The molecule has 0 N–H and O–H groups in total. The quantitative estimate of drug-likeness (QED) is 0.736. The van der Waals surface area contributed by atoms with E-state index in [0.29, 0.717) is 5.56 Å². The van der Waals surface area contributed by atoms with Gasteiger partial charge in [-0.3, -0.25) is 4.79 Å². The van der Waals surface area contributed by atoms with Gasteiger partial charge < -0.3 is 9.47 Å². The van der Waals surface area contributed by atoms with Crippen molar-refractivity contribution in [3.05, 3.63) is 29.6 Å². The van der Waals surface area contributed by atoms with Gasteiger partial charge in [-0.1, -0.05) is 6.07 Å². The number of benzene rings is 1. The Bertz CT molecular complexity index is 440. The zero-order valence-corrected chi connectivity index (χ0v) is 9.40. The van der Waals surface area contributed by atoms with Crippen LogP contribution in [0.4, 0.5) is 4.39 Å². The summed E-state index contributed by atoms with van der Waals surface area (Å²) in [7, 11) is 1.38. The Morgan fingerprint density at radius 2 is 2.29 bits per heavy atom. The summed E-state index contributed by atoms with van der Waals surface area (Å²) < 4.78 is 22.9. The van der Waals surface area contributed by atoms with E-state index in [1.165, 1.54) is 19.2 Å². The van der Waals surface area contributed by atoms with Gasteiger partial charge in [0, 0.05) is 6.42 Å². The Kier molecular flexibility index (Phi) is 4.95. The van der Waals surface area contributed by atoms with Crippen LogP contribution < -0.4 is 4.74 Å². The molecule has 0 aliphatic heterocycles. The summed E-state index contributed by atoms with van der Waals surface area (Å²) in [4.78, 5) is 11.1. The fourth-order valence-corrected chi connectivity index (χ4v) is 1.19. The number of nitrogens with zero attached hydrogens (tertiary/aromatic N) is 1. The molecular weight excluding hydrogens is 225 g/mol. The van der Waals surface area contributed by atoms with Gasteiger partial charge in [0.25, 0.3) is 0 Å². The number of carbonyl (C=O) groups is 1. The third kappa shape index (κ3) is 4.11. The number of halogens is 1. The molecule has 1 aromatic carbocycles. The highest BCUT2D eigenvalue weighted by Gasteiger charge is 2.06. The minimum atomic E-state index is -0.502. The topological polar surface area (TPSA) is 59.3 Å². The maximum atomic E-state index is 13.3. The van der Waals surface area contributed by atoms with Crippen LogP contribution in [0.2, 0.25) is 0 Å². The molecule has 0 heterocycles. The second-order valence-corrected chi connectivity index (χ2v) is 3.29. The number of nitriles is 1. The number of rotatable bonds is 5. The average molecular weight is 237 g/mol. The van der Waals surface area contributed by atoms with E-state index in [4.69, 9.17) is 14.7 Å². The van der Waals surface area contributed by atoms with E-state index in [1.807, 2.05) is 6.07 Å². The highest BCUT2D eigenvalue weighted by molar-refractivity contribution is 5.69. The number of carbonyl (C=O) groups excluding carboxylic acids is 1. The lowest BCUT2D eigenvalue weighted by Gasteiger charge is -2.06. The normalized spacial score (nSPS) is 9.47. The molecule has 0 radical (unpaired) electrons. The van der Waals surface area contributed by atoms with Crippen LogP contribution in [0.1, 0.15) is 18.4 Å². The molecule has 0 aliphatic rings. The van der Waals surface area contributed by atoms with Crippen molar-refractivity contribution in [3.8, 4) is 11.8 Å². The van der Waals surface area contributed by atoms with Crippen molar-refractivity contribution in [2.24, 2.45) is 0 Å². The van der Waals surface area contributed by atoms with Crippen molar-refractivity contribution < 1.29 is 18.7 Å². The van der Waals surface area contributed by atoms with Crippen molar-refractivity contribution in [1.29, 1.82) is 5.26 Å². The van der Waals surface area contributed by atoms with E-state index in [2.05, 4.69) is 0 Å². The number of esters is 1. The third-order valence-electron chi connectivity index (χ3n) is 2.06. The zero-order valence-electron chi connectivity index (χ0n) is 9.40. The Morgan fingerprint density at radius 3 is 2.88 bits per heavy atom. The summed E-state index contributed by atoms with van der Waals surface area (Å²) in [5, 5.41) is 8.27. The average Bonchev–Trinajstić information content (AvgIpc) is 2.34. The van der Waals surface area contributed by atoms with E-state index >= 15 is 0 Å². The SMILES string of the molecule is COc1ccc(COC(=O)CCC#N)cc1F. The lowest BCUT2D eigenvalue weighted by Crippen LogP contribution is -2.04. The fraction of sp³-hybridized carbons (Fsp3) is 0.333. The van der Waals surface area contributed by atoms with Gasteiger partial charge in [0.2, 0.25) is 0 Å². The van der Waals surface area contributed by atoms with Gasteiger partial charge in [0.05, 0.1) is 19.6 Å². The van der Waals surface area contributed by atoms with Crippen LogP contribution in [0.3, 0.4) is 0 Å². The molecule has 0 saturated carbocycles.